The van der Waals surface area contributed by atoms with E-state index in [0.717, 1.165) is 4.88 Å². The minimum Gasteiger partial charge on any atom is -0.263 e. The number of amidine groups is 1. The molecule has 0 aliphatic carbocycles. The van der Waals surface area contributed by atoms with Crippen LogP contribution in [0, 0.1) is 5.92 Å². The van der Waals surface area contributed by atoms with Gasteiger partial charge in [-0.05, 0) is 29.5 Å². The van der Waals surface area contributed by atoms with Gasteiger partial charge in [-0.3, -0.25) is 9.71 Å². The Morgan fingerprint density at radius 1 is 1.14 bits per heavy atom. The quantitative estimate of drug-likeness (QED) is 0.944. The normalized spacial score (nSPS) is 19.5. The van der Waals surface area contributed by atoms with E-state index in [-0.39, 0.29) is 12.0 Å². The van der Waals surface area contributed by atoms with E-state index in [0.29, 0.717) is 16.3 Å². The van der Waals surface area contributed by atoms with Gasteiger partial charge in [0, 0.05) is 10.4 Å². The molecule has 0 saturated heterocycles. The molecular weight excluding hydrogens is 304 g/mol. The first-order valence-corrected chi connectivity index (χ1v) is 9.09. The zero-order valence-corrected chi connectivity index (χ0v) is 13.4. The Morgan fingerprint density at radius 2 is 1.90 bits per heavy atom. The number of hydrogen-bond acceptors (Lipinski definition) is 4. The summed E-state index contributed by atoms with van der Waals surface area (Å²) in [7, 11) is -3.47. The zero-order chi connectivity index (χ0) is 15.0. The smallest absolute Gasteiger partial charge is 0.263 e. The maximum absolute atomic E-state index is 12.1. The van der Waals surface area contributed by atoms with Gasteiger partial charge in [0.25, 0.3) is 10.0 Å². The summed E-state index contributed by atoms with van der Waals surface area (Å²) in [6.45, 7) is 4.17. The second kappa shape index (κ2) is 5.27. The van der Waals surface area contributed by atoms with Crippen LogP contribution in [0.5, 0.6) is 0 Å². The van der Waals surface area contributed by atoms with Crippen molar-refractivity contribution in [1.29, 1.82) is 0 Å². The lowest BCUT2D eigenvalue weighted by Gasteiger charge is -2.16. The van der Waals surface area contributed by atoms with Gasteiger partial charge < -0.3 is 0 Å². The van der Waals surface area contributed by atoms with Gasteiger partial charge in [-0.1, -0.05) is 32.0 Å². The molecule has 4 nitrogen and oxygen atoms in total. The molecular formula is C15H16N2O2S2. The van der Waals surface area contributed by atoms with E-state index in [9.17, 15) is 8.42 Å². The lowest BCUT2D eigenvalue weighted by atomic mass is 10.0. The highest BCUT2D eigenvalue weighted by Crippen LogP contribution is 2.32. The average Bonchev–Trinajstić information content (AvgIpc) is 3.04. The van der Waals surface area contributed by atoms with Gasteiger partial charge in [-0.15, -0.1) is 11.3 Å². The molecule has 2 aromatic rings. The van der Waals surface area contributed by atoms with Crippen molar-refractivity contribution in [2.24, 2.45) is 10.9 Å². The highest BCUT2D eigenvalue weighted by Gasteiger charge is 2.31. The fourth-order valence-electron chi connectivity index (χ4n) is 2.37. The molecule has 1 aliphatic rings. The van der Waals surface area contributed by atoms with Gasteiger partial charge in [0.15, 0.2) is 0 Å². The Hall–Kier alpha value is -1.66. The fraction of sp³-hybridized carbons (Fsp3) is 0.267. The number of benzene rings is 1. The Kier molecular flexibility index (Phi) is 3.59. The van der Waals surface area contributed by atoms with E-state index in [4.69, 9.17) is 4.99 Å². The van der Waals surface area contributed by atoms with Crippen LogP contribution >= 0.6 is 11.3 Å². The SMILES string of the molecule is CC(C)C(N=C1NS(=O)(=O)c2ccccc21)c1cccs1. The van der Waals surface area contributed by atoms with Crippen molar-refractivity contribution < 1.29 is 8.42 Å². The summed E-state index contributed by atoms with van der Waals surface area (Å²) in [5.41, 5.74) is 0.653. The predicted molar refractivity (Wildman–Crippen MR) is 85.2 cm³/mol. The van der Waals surface area contributed by atoms with Crippen LogP contribution in [0.4, 0.5) is 0 Å². The number of rotatable bonds is 3. The molecule has 1 N–H and O–H groups in total. The third-order valence-corrected chi connectivity index (χ3v) is 5.74. The second-order valence-corrected chi connectivity index (χ2v) is 7.91. The highest BCUT2D eigenvalue weighted by atomic mass is 32.2. The molecule has 6 heteroatoms. The Morgan fingerprint density at radius 3 is 2.57 bits per heavy atom. The van der Waals surface area contributed by atoms with E-state index in [1.165, 1.54) is 0 Å². The minimum absolute atomic E-state index is 0.0474. The third-order valence-electron chi connectivity index (χ3n) is 3.40. The number of fused-ring (bicyclic) bond motifs is 1. The van der Waals surface area contributed by atoms with Crippen LogP contribution in [0.3, 0.4) is 0 Å². The second-order valence-electron chi connectivity index (χ2n) is 5.28. The van der Waals surface area contributed by atoms with Crippen LogP contribution < -0.4 is 4.72 Å². The monoisotopic (exact) mass is 320 g/mol. The Balaban J connectivity index is 2.08. The maximum atomic E-state index is 12.1. The van der Waals surface area contributed by atoms with Gasteiger partial charge in [0.05, 0.1) is 10.9 Å². The molecule has 21 heavy (non-hydrogen) atoms. The van der Waals surface area contributed by atoms with Crippen LogP contribution in [0.1, 0.15) is 30.3 Å². The molecule has 0 amide bonds. The number of nitrogens with one attached hydrogen (secondary N) is 1. The van der Waals surface area contributed by atoms with E-state index in [1.54, 1.807) is 29.5 Å². The molecule has 0 saturated carbocycles. The highest BCUT2D eigenvalue weighted by molar-refractivity contribution is 7.90. The van der Waals surface area contributed by atoms with Crippen molar-refractivity contribution in [3.8, 4) is 0 Å². The van der Waals surface area contributed by atoms with Gasteiger partial charge in [-0.2, -0.15) is 0 Å². The topological polar surface area (TPSA) is 58.5 Å². The van der Waals surface area contributed by atoms with E-state index >= 15 is 0 Å². The Labute approximate surface area is 128 Å². The van der Waals surface area contributed by atoms with Crippen LogP contribution in [0.15, 0.2) is 51.7 Å². The maximum Gasteiger partial charge on any atom is 0.263 e. The summed E-state index contributed by atoms with van der Waals surface area (Å²) < 4.78 is 26.8. The molecule has 3 rings (SSSR count). The molecule has 0 radical (unpaired) electrons. The van der Waals surface area contributed by atoms with Crippen molar-refractivity contribution in [2.75, 3.05) is 0 Å². The van der Waals surface area contributed by atoms with Crippen molar-refractivity contribution in [3.05, 3.63) is 52.2 Å². The van der Waals surface area contributed by atoms with Crippen LogP contribution in [-0.2, 0) is 10.0 Å². The van der Waals surface area contributed by atoms with E-state index in [2.05, 4.69) is 18.6 Å². The fourth-order valence-corrected chi connectivity index (χ4v) is 4.54. The van der Waals surface area contributed by atoms with Gasteiger partial charge in [-0.25, -0.2) is 8.42 Å². The number of sulfonamides is 1. The summed E-state index contributed by atoms with van der Waals surface area (Å²) >= 11 is 1.64. The first-order valence-electron chi connectivity index (χ1n) is 6.72. The zero-order valence-electron chi connectivity index (χ0n) is 11.8. The average molecular weight is 320 g/mol. The molecule has 0 bridgehead atoms. The van der Waals surface area contributed by atoms with Gasteiger partial charge in [0.1, 0.15) is 5.84 Å². The summed E-state index contributed by atoms with van der Waals surface area (Å²) in [5.74, 6) is 0.728. The summed E-state index contributed by atoms with van der Waals surface area (Å²) in [4.78, 5) is 6.13. The van der Waals surface area contributed by atoms with Crippen LogP contribution in [-0.4, -0.2) is 14.3 Å². The summed E-state index contributed by atoms with van der Waals surface area (Å²) in [5, 5.41) is 2.01. The van der Waals surface area contributed by atoms with Crippen molar-refractivity contribution in [3.63, 3.8) is 0 Å². The molecule has 0 spiro atoms. The van der Waals surface area contributed by atoms with Crippen molar-refractivity contribution in [1.82, 2.24) is 4.72 Å². The number of hydrogen-bond donors (Lipinski definition) is 1. The van der Waals surface area contributed by atoms with E-state index in [1.807, 2.05) is 23.6 Å². The first-order chi connectivity index (χ1) is 9.99. The first kappa shape index (κ1) is 14.3. The molecule has 1 unspecified atom stereocenters. The van der Waals surface area contributed by atoms with Gasteiger partial charge in [0.2, 0.25) is 0 Å². The Bertz CT molecular complexity index is 778. The largest absolute Gasteiger partial charge is 0.263 e. The molecule has 1 aromatic carbocycles. The summed E-state index contributed by atoms with van der Waals surface area (Å²) in [6.07, 6.45) is 0. The van der Waals surface area contributed by atoms with Crippen LogP contribution in [0.2, 0.25) is 0 Å². The lowest BCUT2D eigenvalue weighted by Crippen LogP contribution is -2.23. The van der Waals surface area contributed by atoms with E-state index < -0.39 is 10.0 Å². The molecule has 110 valence electrons. The number of thiophene rings is 1. The third kappa shape index (κ3) is 2.61. The molecule has 0 fully saturated rings. The predicted octanol–water partition coefficient (Wildman–Crippen LogP) is 3.18. The lowest BCUT2D eigenvalue weighted by molar-refractivity contribution is 0.523. The standard InChI is InChI=1S/C15H16N2O2S2/c1-10(2)14(12-7-5-9-20-12)16-15-11-6-3-4-8-13(11)21(18,19)17-15/h3-10,14H,1-2H3,(H,16,17). The number of nitrogens with zero attached hydrogens (tertiary/aromatic N) is 1. The molecule has 1 aromatic heterocycles. The number of aliphatic imine (C=N–C) groups is 1. The summed E-state index contributed by atoms with van der Waals surface area (Å²) in [6, 6.07) is 10.9. The van der Waals surface area contributed by atoms with Crippen LogP contribution in [0.25, 0.3) is 0 Å². The van der Waals surface area contributed by atoms with Crippen molar-refractivity contribution >= 4 is 27.2 Å². The molecule has 1 aliphatic heterocycles. The van der Waals surface area contributed by atoms with Gasteiger partial charge >= 0.3 is 0 Å². The molecule has 2 heterocycles. The van der Waals surface area contributed by atoms with Crippen molar-refractivity contribution in [2.45, 2.75) is 24.8 Å². The molecule has 1 atom stereocenters. The minimum atomic E-state index is -3.47.